The molecule has 0 saturated carbocycles. The lowest BCUT2D eigenvalue weighted by Crippen LogP contribution is -2.39. The van der Waals surface area contributed by atoms with E-state index in [4.69, 9.17) is 4.98 Å². The van der Waals surface area contributed by atoms with Crippen molar-refractivity contribution in [2.75, 3.05) is 0 Å². The molecule has 1 aromatic heterocycles. The number of aryl methyl sites for hydroxylation is 1. The predicted molar refractivity (Wildman–Crippen MR) is 111 cm³/mol. The van der Waals surface area contributed by atoms with Crippen LogP contribution in [0.15, 0.2) is 22.8 Å². The first-order valence-corrected chi connectivity index (χ1v) is 12.1. The molecule has 2 heterocycles. The van der Waals surface area contributed by atoms with Crippen molar-refractivity contribution >= 4 is 26.0 Å². The molecule has 27 heavy (non-hydrogen) atoms. The van der Waals surface area contributed by atoms with Crippen LogP contribution in [-0.4, -0.2) is 29.3 Å². The summed E-state index contributed by atoms with van der Waals surface area (Å²) in [4.78, 5) is 4.75. The molecule has 146 valence electrons. The number of benzene rings is 1. The van der Waals surface area contributed by atoms with Gasteiger partial charge in [-0.05, 0) is 72.7 Å². The molecule has 1 aliphatic carbocycles. The first kappa shape index (κ1) is 19.2. The highest BCUT2D eigenvalue weighted by molar-refractivity contribution is 9.10. The lowest BCUT2D eigenvalue weighted by Gasteiger charge is -2.14. The molecule has 1 atom stereocenters. The van der Waals surface area contributed by atoms with E-state index in [1.54, 1.807) is 13.8 Å². The molecule has 7 heteroatoms. The van der Waals surface area contributed by atoms with Crippen molar-refractivity contribution in [1.82, 2.24) is 14.3 Å². The molecule has 4 rings (SSSR count). The van der Waals surface area contributed by atoms with E-state index in [0.717, 1.165) is 47.5 Å². The molecule has 0 radical (unpaired) electrons. The maximum atomic E-state index is 12.2. The van der Waals surface area contributed by atoms with Crippen LogP contribution < -0.4 is 4.72 Å². The van der Waals surface area contributed by atoms with E-state index in [2.05, 4.69) is 43.4 Å². The highest BCUT2D eigenvalue weighted by Gasteiger charge is 2.28. The fourth-order valence-corrected chi connectivity index (χ4v) is 5.67. The van der Waals surface area contributed by atoms with E-state index in [1.165, 1.54) is 30.4 Å². The lowest BCUT2D eigenvalue weighted by atomic mass is 10.0. The molecule has 0 saturated heterocycles. The van der Waals surface area contributed by atoms with Crippen LogP contribution >= 0.6 is 15.9 Å². The molecule has 5 nitrogen and oxygen atoms in total. The normalized spacial score (nSPS) is 19.8. The minimum atomic E-state index is -3.25. The Bertz CT molecular complexity index is 966. The van der Waals surface area contributed by atoms with E-state index in [-0.39, 0.29) is 6.04 Å². The summed E-state index contributed by atoms with van der Waals surface area (Å²) in [5.41, 5.74) is 4.79. The summed E-state index contributed by atoms with van der Waals surface area (Å²) < 4.78 is 30.5. The first-order chi connectivity index (χ1) is 12.8. The van der Waals surface area contributed by atoms with E-state index < -0.39 is 15.3 Å². The Labute approximate surface area is 169 Å². The average Bonchev–Trinajstić information content (AvgIpc) is 3.04. The maximum Gasteiger partial charge on any atom is 0.214 e. The van der Waals surface area contributed by atoms with E-state index in [9.17, 15) is 8.42 Å². The SMILES string of the molecule is CC(C)S(=O)(=O)NC1Cc2ccc(-c3c(Br)nc4n3CCCCC4)cc2C1. The Kier molecular flexibility index (Phi) is 5.20. The number of hydrogen-bond acceptors (Lipinski definition) is 3. The van der Waals surface area contributed by atoms with Gasteiger partial charge in [0, 0.05) is 24.6 Å². The summed E-state index contributed by atoms with van der Waals surface area (Å²) in [6.45, 7) is 4.44. The average molecular weight is 452 g/mol. The Morgan fingerprint density at radius 2 is 1.96 bits per heavy atom. The fourth-order valence-electron chi connectivity index (χ4n) is 4.12. The number of halogens is 1. The largest absolute Gasteiger partial charge is 0.327 e. The molecular weight excluding hydrogens is 426 g/mol. The Morgan fingerprint density at radius 3 is 2.74 bits per heavy atom. The Balaban J connectivity index is 1.62. The van der Waals surface area contributed by atoms with E-state index in [1.807, 2.05) is 0 Å². The zero-order valence-corrected chi connectivity index (χ0v) is 18.2. The molecule has 0 bridgehead atoms. The van der Waals surface area contributed by atoms with Crippen LogP contribution in [0.25, 0.3) is 11.3 Å². The number of imidazole rings is 1. The standard InChI is InChI=1S/C20H26BrN3O2S/c1-13(2)27(25,26)23-17-11-14-7-8-15(10-16(14)12-17)19-20(21)22-18-6-4-3-5-9-24(18)19/h7-8,10,13,17,23H,3-6,9,11-12H2,1-2H3. The highest BCUT2D eigenvalue weighted by atomic mass is 79.9. The van der Waals surface area contributed by atoms with Crippen LogP contribution in [-0.2, 0) is 35.8 Å². The third kappa shape index (κ3) is 3.74. The van der Waals surface area contributed by atoms with Gasteiger partial charge in [-0.2, -0.15) is 0 Å². The van der Waals surface area contributed by atoms with Crippen LogP contribution in [0.1, 0.15) is 50.1 Å². The first-order valence-electron chi connectivity index (χ1n) is 9.73. The zero-order valence-electron chi connectivity index (χ0n) is 15.8. The number of sulfonamides is 1. The topological polar surface area (TPSA) is 64.0 Å². The van der Waals surface area contributed by atoms with Gasteiger partial charge in [0.05, 0.1) is 10.9 Å². The number of aromatic nitrogens is 2. The minimum absolute atomic E-state index is 0.0476. The summed E-state index contributed by atoms with van der Waals surface area (Å²) in [7, 11) is -3.25. The Hall–Kier alpha value is -1.18. The molecule has 2 aliphatic rings. The molecule has 1 aromatic carbocycles. The van der Waals surface area contributed by atoms with Crippen molar-refractivity contribution in [1.29, 1.82) is 0 Å². The third-order valence-electron chi connectivity index (χ3n) is 5.65. The van der Waals surface area contributed by atoms with Crippen LogP contribution in [0.2, 0.25) is 0 Å². The van der Waals surface area contributed by atoms with Crippen LogP contribution in [0.4, 0.5) is 0 Å². The summed E-state index contributed by atoms with van der Waals surface area (Å²) in [6, 6.07) is 6.47. The van der Waals surface area contributed by atoms with Gasteiger partial charge >= 0.3 is 0 Å². The Morgan fingerprint density at radius 1 is 1.19 bits per heavy atom. The molecule has 0 fully saturated rings. The van der Waals surface area contributed by atoms with E-state index >= 15 is 0 Å². The second-order valence-corrected chi connectivity index (χ2v) is 10.9. The van der Waals surface area contributed by atoms with Crippen molar-refractivity contribution < 1.29 is 8.42 Å². The second kappa shape index (κ2) is 7.33. The summed E-state index contributed by atoms with van der Waals surface area (Å²) >= 11 is 3.66. The van der Waals surface area contributed by atoms with Crippen molar-refractivity contribution in [2.24, 2.45) is 0 Å². The number of fused-ring (bicyclic) bond motifs is 2. The van der Waals surface area contributed by atoms with Crippen molar-refractivity contribution in [2.45, 2.75) is 70.2 Å². The number of hydrogen-bond donors (Lipinski definition) is 1. The molecule has 1 aliphatic heterocycles. The van der Waals surface area contributed by atoms with Crippen LogP contribution in [0.5, 0.6) is 0 Å². The van der Waals surface area contributed by atoms with Gasteiger partial charge in [0.25, 0.3) is 0 Å². The van der Waals surface area contributed by atoms with Gasteiger partial charge in [-0.3, -0.25) is 0 Å². The molecule has 1 unspecified atom stereocenters. The number of rotatable bonds is 4. The monoisotopic (exact) mass is 451 g/mol. The molecule has 2 aromatic rings. The van der Waals surface area contributed by atoms with Crippen molar-refractivity contribution in [3.05, 3.63) is 39.8 Å². The van der Waals surface area contributed by atoms with Crippen LogP contribution in [0, 0.1) is 0 Å². The molecule has 1 N–H and O–H groups in total. The van der Waals surface area contributed by atoms with Crippen molar-refractivity contribution in [3.63, 3.8) is 0 Å². The van der Waals surface area contributed by atoms with Gasteiger partial charge in [0.1, 0.15) is 10.4 Å². The van der Waals surface area contributed by atoms with Crippen molar-refractivity contribution in [3.8, 4) is 11.3 Å². The number of nitrogens with one attached hydrogen (secondary N) is 1. The summed E-state index contributed by atoms with van der Waals surface area (Å²) in [5.74, 6) is 1.16. The van der Waals surface area contributed by atoms with Gasteiger partial charge in [-0.25, -0.2) is 18.1 Å². The minimum Gasteiger partial charge on any atom is -0.327 e. The summed E-state index contributed by atoms with van der Waals surface area (Å²) in [5, 5.41) is -0.407. The molecule has 0 amide bonds. The molecular formula is C20H26BrN3O2S. The highest BCUT2D eigenvalue weighted by Crippen LogP contribution is 2.34. The van der Waals surface area contributed by atoms with Gasteiger partial charge in [0.2, 0.25) is 10.0 Å². The maximum absolute atomic E-state index is 12.2. The van der Waals surface area contributed by atoms with Crippen LogP contribution in [0.3, 0.4) is 0 Å². The zero-order chi connectivity index (χ0) is 19.2. The quantitative estimate of drug-likeness (QED) is 0.767. The van der Waals surface area contributed by atoms with Gasteiger partial charge in [0.15, 0.2) is 0 Å². The van der Waals surface area contributed by atoms with Gasteiger partial charge in [-0.15, -0.1) is 0 Å². The van der Waals surface area contributed by atoms with Gasteiger partial charge < -0.3 is 4.57 Å². The lowest BCUT2D eigenvalue weighted by molar-refractivity contribution is 0.547. The second-order valence-electron chi connectivity index (χ2n) is 7.93. The fraction of sp³-hybridized carbons (Fsp3) is 0.550. The smallest absolute Gasteiger partial charge is 0.214 e. The van der Waals surface area contributed by atoms with Gasteiger partial charge in [-0.1, -0.05) is 18.6 Å². The molecule has 0 spiro atoms. The number of nitrogens with zero attached hydrogens (tertiary/aromatic N) is 2. The third-order valence-corrected chi connectivity index (χ3v) is 8.11. The summed E-state index contributed by atoms with van der Waals surface area (Å²) in [6.07, 6.45) is 6.17. The van der Waals surface area contributed by atoms with E-state index in [0.29, 0.717) is 0 Å². The predicted octanol–water partition coefficient (Wildman–Crippen LogP) is 3.83.